The average molecular weight is 421 g/mol. The molecule has 1 aliphatic carbocycles. The molecule has 1 fully saturated rings. The molecule has 0 radical (unpaired) electrons. The van der Waals surface area contributed by atoms with Gasteiger partial charge in [0.2, 0.25) is 0 Å². The second-order valence-corrected chi connectivity index (χ2v) is 8.72. The molecule has 1 saturated heterocycles. The van der Waals surface area contributed by atoms with Crippen LogP contribution in [0.4, 0.5) is 0 Å². The first-order chi connectivity index (χ1) is 14.8. The number of carbonyl (C=O) groups is 1. The van der Waals surface area contributed by atoms with Crippen molar-refractivity contribution >= 4 is 23.5 Å². The minimum absolute atomic E-state index is 0.0130. The van der Waals surface area contributed by atoms with Crippen molar-refractivity contribution in [2.45, 2.75) is 31.7 Å². The number of piperidine rings is 1. The van der Waals surface area contributed by atoms with Crippen LogP contribution in [0.3, 0.4) is 0 Å². The van der Waals surface area contributed by atoms with E-state index in [1.807, 2.05) is 40.9 Å². The maximum Gasteiger partial charge on any atom is 0.256 e. The summed E-state index contributed by atoms with van der Waals surface area (Å²) in [6.45, 7) is 1.39. The van der Waals surface area contributed by atoms with Crippen LogP contribution in [0.1, 0.15) is 36.0 Å². The number of para-hydroxylation sites is 1. The largest absolute Gasteiger partial charge is 0.343 e. The first-order valence-electron chi connectivity index (χ1n) is 10.4. The standard InChI is InChI=1S/C22H24N6OS/c29-22(17-7-1-3-9-19(17)28-23-11-12-24-28)27-13-5-6-16(14-27)25-21-15-30-20-10-4-2-8-18(20)26-21/h1-3,7-9,11-12,16H,4-6,10,13-15H2,(H,25,26). The summed E-state index contributed by atoms with van der Waals surface area (Å²) >= 11 is 1.89. The number of amides is 1. The molecule has 1 atom stereocenters. The van der Waals surface area contributed by atoms with Crippen LogP contribution in [-0.4, -0.2) is 56.5 Å². The molecule has 1 amide bonds. The molecule has 1 unspecified atom stereocenters. The zero-order valence-corrected chi connectivity index (χ0v) is 17.5. The van der Waals surface area contributed by atoms with E-state index in [4.69, 9.17) is 4.99 Å². The summed E-state index contributed by atoms with van der Waals surface area (Å²) < 4.78 is 0. The second-order valence-electron chi connectivity index (χ2n) is 7.65. The van der Waals surface area contributed by atoms with Crippen molar-refractivity contribution in [3.63, 3.8) is 0 Å². The van der Waals surface area contributed by atoms with Crippen LogP contribution in [0.25, 0.3) is 5.69 Å². The predicted octanol–water partition coefficient (Wildman–Crippen LogP) is 3.17. The highest BCUT2D eigenvalue weighted by molar-refractivity contribution is 8.03. The zero-order valence-electron chi connectivity index (χ0n) is 16.7. The Morgan fingerprint density at radius 1 is 1.23 bits per heavy atom. The van der Waals surface area contributed by atoms with Gasteiger partial charge in [-0.05, 0) is 43.9 Å². The van der Waals surface area contributed by atoms with Crippen molar-refractivity contribution in [1.29, 1.82) is 0 Å². The lowest BCUT2D eigenvalue weighted by molar-refractivity contribution is 0.0709. The number of nitrogens with one attached hydrogen (secondary N) is 1. The van der Waals surface area contributed by atoms with Gasteiger partial charge >= 0.3 is 0 Å². The molecule has 2 aromatic rings. The monoisotopic (exact) mass is 420 g/mol. The van der Waals surface area contributed by atoms with Crippen molar-refractivity contribution in [1.82, 2.24) is 25.2 Å². The maximum atomic E-state index is 13.3. The van der Waals surface area contributed by atoms with Gasteiger partial charge in [0.1, 0.15) is 5.84 Å². The van der Waals surface area contributed by atoms with Crippen molar-refractivity contribution in [2.75, 3.05) is 18.8 Å². The molecule has 0 spiro atoms. The molecule has 1 aromatic heterocycles. The van der Waals surface area contributed by atoms with E-state index >= 15 is 0 Å². The van der Waals surface area contributed by atoms with Gasteiger partial charge in [0.05, 0.1) is 35.4 Å². The Balaban J connectivity index is 1.31. The highest BCUT2D eigenvalue weighted by atomic mass is 32.2. The summed E-state index contributed by atoms with van der Waals surface area (Å²) in [5.41, 5.74) is 2.52. The van der Waals surface area contributed by atoms with Gasteiger partial charge in [-0.25, -0.2) is 0 Å². The Bertz CT molecular complexity index is 1030. The molecule has 7 nitrogen and oxygen atoms in total. The summed E-state index contributed by atoms with van der Waals surface area (Å²) in [6, 6.07) is 7.62. The summed E-state index contributed by atoms with van der Waals surface area (Å²) in [4.78, 5) is 23.1. The van der Waals surface area contributed by atoms with Gasteiger partial charge < -0.3 is 10.2 Å². The van der Waals surface area contributed by atoms with Crippen LogP contribution in [-0.2, 0) is 0 Å². The van der Waals surface area contributed by atoms with Gasteiger partial charge in [-0.3, -0.25) is 9.79 Å². The molecule has 3 aliphatic rings. The zero-order chi connectivity index (χ0) is 20.3. The molecule has 1 aromatic carbocycles. The summed E-state index contributed by atoms with van der Waals surface area (Å²) in [7, 11) is 0. The topological polar surface area (TPSA) is 75.4 Å². The van der Waals surface area contributed by atoms with Crippen LogP contribution in [0.2, 0.25) is 0 Å². The molecule has 5 rings (SSSR count). The minimum atomic E-state index is 0.0130. The number of allylic oxidation sites excluding steroid dienone is 3. The molecule has 30 heavy (non-hydrogen) atoms. The highest BCUT2D eigenvalue weighted by Gasteiger charge is 2.27. The summed E-state index contributed by atoms with van der Waals surface area (Å²) in [5.74, 6) is 1.91. The number of benzene rings is 1. The molecular weight excluding hydrogens is 396 g/mol. The molecular formula is C22H24N6OS. The Kier molecular flexibility index (Phi) is 5.40. The molecule has 8 heteroatoms. The third-order valence-corrected chi connectivity index (χ3v) is 6.77. The van der Waals surface area contributed by atoms with Gasteiger partial charge in [-0.2, -0.15) is 15.0 Å². The van der Waals surface area contributed by atoms with E-state index in [1.54, 1.807) is 12.4 Å². The van der Waals surface area contributed by atoms with E-state index in [2.05, 4.69) is 27.7 Å². The number of amidine groups is 1. The lowest BCUT2D eigenvalue weighted by Crippen LogP contribution is -2.43. The maximum absolute atomic E-state index is 13.3. The summed E-state index contributed by atoms with van der Waals surface area (Å²) in [6.07, 6.45) is 11.8. The Morgan fingerprint density at radius 3 is 3.00 bits per heavy atom. The smallest absolute Gasteiger partial charge is 0.256 e. The quantitative estimate of drug-likeness (QED) is 0.826. The molecule has 0 bridgehead atoms. The number of hydrogen-bond donors (Lipinski definition) is 1. The molecule has 154 valence electrons. The lowest BCUT2D eigenvalue weighted by atomic mass is 10.0. The van der Waals surface area contributed by atoms with E-state index < -0.39 is 0 Å². The van der Waals surface area contributed by atoms with E-state index in [0.717, 1.165) is 43.8 Å². The number of nitrogens with zero attached hydrogens (tertiary/aromatic N) is 5. The second kappa shape index (κ2) is 8.47. The average Bonchev–Trinajstić information content (AvgIpc) is 3.34. The predicted molar refractivity (Wildman–Crippen MR) is 119 cm³/mol. The third kappa shape index (κ3) is 3.92. The van der Waals surface area contributed by atoms with Crippen molar-refractivity contribution < 1.29 is 4.79 Å². The number of carbonyl (C=O) groups excluding carboxylic acids is 1. The fourth-order valence-electron chi connectivity index (χ4n) is 4.13. The third-order valence-electron chi connectivity index (χ3n) is 5.58. The van der Waals surface area contributed by atoms with Crippen molar-refractivity contribution in [3.05, 3.63) is 65.0 Å². The Morgan fingerprint density at radius 2 is 2.10 bits per heavy atom. The molecule has 3 heterocycles. The van der Waals surface area contributed by atoms with Crippen LogP contribution >= 0.6 is 11.8 Å². The highest BCUT2D eigenvalue weighted by Crippen LogP contribution is 2.31. The fraction of sp³-hybridized carbons (Fsp3) is 0.364. The Labute approximate surface area is 179 Å². The van der Waals surface area contributed by atoms with Crippen molar-refractivity contribution in [2.24, 2.45) is 4.99 Å². The van der Waals surface area contributed by atoms with E-state index in [9.17, 15) is 4.79 Å². The fourth-order valence-corrected chi connectivity index (χ4v) is 5.12. The molecule has 0 saturated carbocycles. The first-order valence-corrected chi connectivity index (χ1v) is 11.4. The summed E-state index contributed by atoms with van der Waals surface area (Å²) in [5, 5.41) is 11.9. The van der Waals surface area contributed by atoms with Gasteiger partial charge in [-0.15, -0.1) is 11.8 Å². The van der Waals surface area contributed by atoms with Gasteiger partial charge in [0, 0.05) is 23.7 Å². The van der Waals surface area contributed by atoms with Crippen LogP contribution in [0.5, 0.6) is 0 Å². The lowest BCUT2D eigenvalue weighted by Gasteiger charge is -2.32. The Hall–Kier alpha value is -2.87. The van der Waals surface area contributed by atoms with Crippen LogP contribution in [0, 0.1) is 0 Å². The van der Waals surface area contributed by atoms with Crippen molar-refractivity contribution in [3.8, 4) is 5.69 Å². The number of aromatic nitrogens is 3. The normalized spacial score (nSPS) is 22.7. The van der Waals surface area contributed by atoms with E-state index in [1.165, 1.54) is 15.4 Å². The SMILES string of the molecule is O=C(c1ccccc1-n1nccn1)N1CCCC(N=C2CSC3=C(C=CCC3)N2)C1. The van der Waals surface area contributed by atoms with Gasteiger partial charge in [0.15, 0.2) is 0 Å². The number of hydrogen-bond acceptors (Lipinski definition) is 5. The number of rotatable bonds is 3. The number of thioether (sulfide) groups is 1. The van der Waals surface area contributed by atoms with Crippen LogP contribution in [0.15, 0.2) is 64.4 Å². The molecule has 1 N–H and O–H groups in total. The van der Waals surface area contributed by atoms with Crippen LogP contribution < -0.4 is 5.32 Å². The minimum Gasteiger partial charge on any atom is -0.343 e. The first kappa shape index (κ1) is 19.1. The van der Waals surface area contributed by atoms with E-state index in [0.29, 0.717) is 17.8 Å². The number of aliphatic imine (C=N–C) groups is 1. The number of likely N-dealkylation sites (tertiary alicyclic amines) is 1. The van der Waals surface area contributed by atoms with Gasteiger partial charge in [-0.1, -0.05) is 18.2 Å². The van der Waals surface area contributed by atoms with E-state index in [-0.39, 0.29) is 11.9 Å². The van der Waals surface area contributed by atoms with Gasteiger partial charge in [0.25, 0.3) is 5.91 Å². The molecule has 2 aliphatic heterocycles.